The smallest absolute Gasteiger partial charge is 0.208 e. The Hall–Kier alpha value is -2.21. The van der Waals surface area contributed by atoms with Crippen LogP contribution in [-0.4, -0.2) is 34.3 Å². The summed E-state index contributed by atoms with van der Waals surface area (Å²) in [5.74, 6) is 0.822. The van der Waals surface area contributed by atoms with Crippen LogP contribution in [0, 0.1) is 0 Å². The van der Waals surface area contributed by atoms with E-state index in [0.29, 0.717) is 0 Å². The summed E-state index contributed by atoms with van der Waals surface area (Å²) in [5.41, 5.74) is 2.00. The van der Waals surface area contributed by atoms with Gasteiger partial charge in [-0.1, -0.05) is 23.5 Å². The monoisotopic (exact) mass is 271 g/mol. The second-order valence-corrected chi connectivity index (χ2v) is 5.28. The van der Waals surface area contributed by atoms with Gasteiger partial charge in [0.05, 0.1) is 11.0 Å². The number of benzene rings is 1. The van der Waals surface area contributed by atoms with Gasteiger partial charge in [-0.25, -0.2) is 4.98 Å². The fraction of sp³-hybridized carbons (Fsp3) is 0.154. The minimum Gasteiger partial charge on any atom is -0.353 e. The highest BCUT2D eigenvalue weighted by molar-refractivity contribution is 7.16. The van der Waals surface area contributed by atoms with Gasteiger partial charge in [0.1, 0.15) is 10.8 Å². The quantitative estimate of drug-likeness (QED) is 0.795. The maximum Gasteiger partial charge on any atom is 0.208 e. The van der Waals surface area contributed by atoms with Crippen LogP contribution in [0.2, 0.25) is 0 Å². The number of fused-ring (bicyclic) bond motifs is 1. The van der Waals surface area contributed by atoms with Crippen LogP contribution >= 0.6 is 11.3 Å². The summed E-state index contributed by atoms with van der Waals surface area (Å²) in [7, 11) is 3.90. The van der Waals surface area contributed by atoms with Crippen molar-refractivity contribution in [3.8, 4) is 0 Å². The van der Waals surface area contributed by atoms with E-state index in [0.717, 1.165) is 27.0 Å². The van der Waals surface area contributed by atoms with Crippen molar-refractivity contribution in [2.45, 2.75) is 0 Å². The molecule has 6 heteroatoms. The summed E-state index contributed by atoms with van der Waals surface area (Å²) in [5, 5.41) is 9.95. The zero-order chi connectivity index (χ0) is 13.2. The summed E-state index contributed by atoms with van der Waals surface area (Å²) < 4.78 is 0. The Balaban J connectivity index is 1.84. The number of hydrogen-bond donors (Lipinski definition) is 1. The molecule has 0 amide bonds. The first-order valence-electron chi connectivity index (χ1n) is 5.86. The maximum absolute atomic E-state index is 4.47. The maximum atomic E-state index is 4.47. The van der Waals surface area contributed by atoms with Crippen LogP contribution in [0.15, 0.2) is 24.3 Å². The van der Waals surface area contributed by atoms with Crippen molar-refractivity contribution in [1.82, 2.24) is 20.2 Å². The number of anilines is 1. The largest absolute Gasteiger partial charge is 0.353 e. The first kappa shape index (κ1) is 11.9. The lowest BCUT2D eigenvalue weighted by Gasteiger charge is -2.03. The first-order valence-corrected chi connectivity index (χ1v) is 6.68. The lowest BCUT2D eigenvalue weighted by Crippen LogP contribution is -2.07. The summed E-state index contributed by atoms with van der Waals surface area (Å²) in [6.07, 6.45) is 3.84. The van der Waals surface area contributed by atoms with Crippen molar-refractivity contribution in [2.75, 3.05) is 19.0 Å². The van der Waals surface area contributed by atoms with Gasteiger partial charge >= 0.3 is 0 Å². The molecule has 0 atom stereocenters. The third kappa shape index (κ3) is 2.48. The van der Waals surface area contributed by atoms with E-state index in [4.69, 9.17) is 0 Å². The van der Waals surface area contributed by atoms with E-state index in [2.05, 4.69) is 20.2 Å². The van der Waals surface area contributed by atoms with E-state index < -0.39 is 0 Å². The topological polar surface area (TPSA) is 57.7 Å². The van der Waals surface area contributed by atoms with Crippen LogP contribution in [0.3, 0.4) is 0 Å². The van der Waals surface area contributed by atoms with Crippen LogP contribution in [-0.2, 0) is 0 Å². The number of nitrogens with zero attached hydrogens (tertiary/aromatic N) is 4. The molecule has 3 rings (SSSR count). The molecular formula is C13H13N5S. The number of imidazole rings is 1. The van der Waals surface area contributed by atoms with Gasteiger partial charge in [0.2, 0.25) is 5.13 Å². The van der Waals surface area contributed by atoms with Crippen molar-refractivity contribution in [1.29, 1.82) is 0 Å². The summed E-state index contributed by atoms with van der Waals surface area (Å²) >= 11 is 1.54. The Morgan fingerprint density at radius 2 is 2.00 bits per heavy atom. The molecule has 0 aliphatic heterocycles. The van der Waals surface area contributed by atoms with Gasteiger partial charge in [-0.15, -0.1) is 10.2 Å². The predicted octanol–water partition coefficient (Wildman–Crippen LogP) is 2.65. The van der Waals surface area contributed by atoms with E-state index in [-0.39, 0.29) is 0 Å². The molecule has 19 heavy (non-hydrogen) atoms. The Kier molecular flexibility index (Phi) is 3.00. The molecule has 0 bridgehead atoms. The average Bonchev–Trinajstić information content (AvgIpc) is 3.02. The highest BCUT2D eigenvalue weighted by atomic mass is 32.1. The number of hydrogen-bond acceptors (Lipinski definition) is 5. The molecule has 0 fully saturated rings. The number of nitrogens with one attached hydrogen (secondary N) is 1. The molecule has 0 unspecified atom stereocenters. The molecule has 2 aromatic heterocycles. The van der Waals surface area contributed by atoms with E-state index in [9.17, 15) is 0 Å². The van der Waals surface area contributed by atoms with Crippen molar-refractivity contribution >= 4 is 39.7 Å². The minimum absolute atomic E-state index is 0.822. The predicted molar refractivity (Wildman–Crippen MR) is 79.3 cm³/mol. The molecule has 1 N–H and O–H groups in total. The van der Waals surface area contributed by atoms with Gasteiger partial charge in [0, 0.05) is 14.1 Å². The fourth-order valence-corrected chi connectivity index (χ4v) is 2.35. The molecule has 5 nitrogen and oxygen atoms in total. The molecule has 0 saturated heterocycles. The molecule has 0 radical (unpaired) electrons. The SMILES string of the molecule is CN(C)c1nnc(/C=C/c2nc3ccccc3[nH]2)s1. The van der Waals surface area contributed by atoms with Gasteiger partial charge in [0.15, 0.2) is 0 Å². The summed E-state index contributed by atoms with van der Waals surface area (Å²) in [4.78, 5) is 9.66. The normalized spacial score (nSPS) is 11.5. The van der Waals surface area contributed by atoms with E-state index in [1.54, 1.807) is 11.3 Å². The van der Waals surface area contributed by atoms with Gasteiger partial charge in [0.25, 0.3) is 0 Å². The van der Waals surface area contributed by atoms with E-state index in [1.165, 1.54) is 0 Å². The van der Waals surface area contributed by atoms with Gasteiger partial charge in [-0.05, 0) is 24.3 Å². The second-order valence-electron chi connectivity index (χ2n) is 4.29. The highest BCUT2D eigenvalue weighted by Gasteiger charge is 2.03. The fourth-order valence-electron chi connectivity index (χ4n) is 1.68. The van der Waals surface area contributed by atoms with Crippen molar-refractivity contribution in [2.24, 2.45) is 0 Å². The van der Waals surface area contributed by atoms with Crippen molar-refractivity contribution in [3.63, 3.8) is 0 Å². The van der Waals surface area contributed by atoms with Gasteiger partial charge in [-0.2, -0.15) is 0 Å². The standard InChI is InChI=1S/C13H13N5S/c1-18(2)13-17-16-12(19-13)8-7-11-14-9-5-3-4-6-10(9)15-11/h3-8H,1-2H3,(H,14,15)/b8-7+. The first-order chi connectivity index (χ1) is 9.22. The van der Waals surface area contributed by atoms with Crippen molar-refractivity contribution < 1.29 is 0 Å². The molecule has 96 valence electrons. The van der Waals surface area contributed by atoms with Crippen LogP contribution in [0.25, 0.3) is 23.2 Å². The van der Waals surface area contributed by atoms with E-state index in [1.807, 2.05) is 55.4 Å². The van der Waals surface area contributed by atoms with E-state index >= 15 is 0 Å². The molecule has 2 heterocycles. The van der Waals surface area contributed by atoms with Gasteiger partial charge < -0.3 is 9.88 Å². The molecule has 3 aromatic rings. The Labute approximate surface area is 114 Å². The minimum atomic E-state index is 0.822. The zero-order valence-electron chi connectivity index (χ0n) is 10.7. The number of para-hydroxylation sites is 2. The Morgan fingerprint density at radius 1 is 1.16 bits per heavy atom. The molecule has 0 aliphatic carbocycles. The third-order valence-corrected chi connectivity index (χ3v) is 3.66. The Bertz CT molecular complexity index is 692. The third-order valence-electron chi connectivity index (χ3n) is 2.60. The molecule has 0 saturated carbocycles. The molecule has 0 spiro atoms. The van der Waals surface area contributed by atoms with Crippen LogP contribution < -0.4 is 4.90 Å². The second kappa shape index (κ2) is 4.81. The molecule has 1 aromatic carbocycles. The van der Waals surface area contributed by atoms with Crippen molar-refractivity contribution in [3.05, 3.63) is 35.1 Å². The average molecular weight is 271 g/mol. The van der Waals surface area contributed by atoms with Crippen LogP contribution in [0.4, 0.5) is 5.13 Å². The van der Waals surface area contributed by atoms with Crippen LogP contribution in [0.1, 0.15) is 10.8 Å². The van der Waals surface area contributed by atoms with Crippen LogP contribution in [0.5, 0.6) is 0 Å². The summed E-state index contributed by atoms with van der Waals surface area (Å²) in [6, 6.07) is 7.96. The van der Waals surface area contributed by atoms with Gasteiger partial charge in [-0.3, -0.25) is 0 Å². The zero-order valence-corrected chi connectivity index (χ0v) is 11.5. The number of H-pyrrole nitrogens is 1. The molecular weight excluding hydrogens is 258 g/mol. The number of aromatic amines is 1. The Morgan fingerprint density at radius 3 is 2.74 bits per heavy atom. The molecule has 0 aliphatic rings. The lowest BCUT2D eigenvalue weighted by atomic mass is 10.3. The number of rotatable bonds is 3. The number of aromatic nitrogens is 4. The summed E-state index contributed by atoms with van der Waals surface area (Å²) in [6.45, 7) is 0. The lowest BCUT2D eigenvalue weighted by molar-refractivity contribution is 1.01. The highest BCUT2D eigenvalue weighted by Crippen LogP contribution is 2.19.